The Morgan fingerprint density at radius 3 is 1.33 bits per heavy atom. The summed E-state index contributed by atoms with van der Waals surface area (Å²) >= 11 is 0. The van der Waals surface area contributed by atoms with Crippen molar-refractivity contribution >= 4 is 0 Å². The summed E-state index contributed by atoms with van der Waals surface area (Å²) < 4.78 is 0. The molecule has 0 saturated heterocycles. The molecule has 0 aromatic carbocycles. The fourth-order valence-corrected chi connectivity index (χ4v) is 3.10. The quantitative estimate of drug-likeness (QED) is 0.252. The summed E-state index contributed by atoms with van der Waals surface area (Å²) in [6, 6.07) is 0. The Bertz CT molecular complexity index is 182. The highest BCUT2D eigenvalue weighted by atomic mass is 14.1. The Hall–Kier alpha value is 0. The van der Waals surface area contributed by atoms with E-state index in [9.17, 15) is 0 Å². The maximum Gasteiger partial charge on any atom is -0.0443 e. The Kier molecular flexibility index (Phi) is 16.4. The molecule has 0 nitrogen and oxygen atoms in total. The van der Waals surface area contributed by atoms with Crippen LogP contribution in [0.3, 0.4) is 0 Å². The lowest BCUT2D eigenvalue weighted by atomic mass is 9.94. The van der Waals surface area contributed by atoms with Gasteiger partial charge in [-0.2, -0.15) is 0 Å². The largest absolute Gasteiger partial charge is 0.0654 e. The fourth-order valence-electron chi connectivity index (χ4n) is 3.10. The molecule has 0 heteroatoms. The van der Waals surface area contributed by atoms with Crippen LogP contribution in [0.4, 0.5) is 0 Å². The number of unbranched alkanes of at least 4 members (excludes halogenated alkanes) is 11. The van der Waals surface area contributed by atoms with Gasteiger partial charge in [0.15, 0.2) is 0 Å². The molecule has 0 radical (unpaired) electrons. The van der Waals surface area contributed by atoms with Gasteiger partial charge in [0.25, 0.3) is 0 Å². The molecule has 0 aliphatic carbocycles. The molecule has 0 amide bonds. The van der Waals surface area contributed by atoms with E-state index in [4.69, 9.17) is 0 Å². The van der Waals surface area contributed by atoms with E-state index < -0.39 is 0 Å². The molecule has 1 unspecified atom stereocenters. The van der Waals surface area contributed by atoms with Crippen LogP contribution in [0.5, 0.6) is 0 Å². The first kappa shape index (κ1) is 21.0. The van der Waals surface area contributed by atoms with Gasteiger partial charge in [0.2, 0.25) is 0 Å². The minimum absolute atomic E-state index is 0.884. The van der Waals surface area contributed by atoms with Gasteiger partial charge in [-0.05, 0) is 11.8 Å². The van der Waals surface area contributed by atoms with E-state index in [-0.39, 0.29) is 0 Å². The van der Waals surface area contributed by atoms with Crippen LogP contribution in [0.1, 0.15) is 124 Å². The van der Waals surface area contributed by atoms with Gasteiger partial charge in [-0.15, -0.1) is 0 Å². The maximum atomic E-state index is 2.45. The van der Waals surface area contributed by atoms with Gasteiger partial charge in [0, 0.05) is 0 Å². The predicted octanol–water partition coefficient (Wildman–Crippen LogP) is 8.15. The van der Waals surface area contributed by atoms with Crippen LogP contribution in [0.15, 0.2) is 0 Å². The summed E-state index contributed by atoms with van der Waals surface area (Å²) in [5.41, 5.74) is 0. The Morgan fingerprint density at radius 2 is 0.905 bits per heavy atom. The van der Waals surface area contributed by atoms with Gasteiger partial charge >= 0.3 is 0 Å². The molecular weight excluding hydrogens is 252 g/mol. The molecular formula is C21H44. The normalized spacial score (nSPS) is 13.0. The van der Waals surface area contributed by atoms with Crippen molar-refractivity contribution in [3.63, 3.8) is 0 Å². The zero-order chi connectivity index (χ0) is 15.8. The third kappa shape index (κ3) is 18.0. The summed E-state index contributed by atoms with van der Waals surface area (Å²) in [6.45, 7) is 9.43. The molecule has 0 aliphatic heterocycles. The van der Waals surface area contributed by atoms with Gasteiger partial charge < -0.3 is 0 Å². The van der Waals surface area contributed by atoms with Crippen molar-refractivity contribution in [2.75, 3.05) is 0 Å². The van der Waals surface area contributed by atoms with Gasteiger partial charge in [0.05, 0.1) is 0 Å². The average Bonchev–Trinajstić information content (AvgIpc) is 2.46. The van der Waals surface area contributed by atoms with E-state index in [0.717, 1.165) is 11.8 Å². The van der Waals surface area contributed by atoms with Crippen molar-refractivity contribution in [2.24, 2.45) is 11.8 Å². The fraction of sp³-hybridized carbons (Fsp3) is 1.00. The predicted molar refractivity (Wildman–Crippen MR) is 98.9 cm³/mol. The Morgan fingerprint density at radius 1 is 0.476 bits per heavy atom. The number of hydrogen-bond donors (Lipinski definition) is 0. The van der Waals surface area contributed by atoms with Crippen LogP contribution >= 0.6 is 0 Å². The smallest absolute Gasteiger partial charge is 0.0443 e. The van der Waals surface area contributed by atoms with Gasteiger partial charge in [0.1, 0.15) is 0 Å². The lowest BCUT2D eigenvalue weighted by Gasteiger charge is -2.12. The molecule has 21 heavy (non-hydrogen) atoms. The Balaban J connectivity index is 3.08. The third-order valence-electron chi connectivity index (χ3n) is 4.79. The molecule has 0 aromatic rings. The van der Waals surface area contributed by atoms with E-state index in [1.165, 1.54) is 96.3 Å². The topological polar surface area (TPSA) is 0 Å². The van der Waals surface area contributed by atoms with Gasteiger partial charge in [-0.3, -0.25) is 0 Å². The Labute approximate surface area is 136 Å². The summed E-state index contributed by atoms with van der Waals surface area (Å²) in [7, 11) is 0. The summed E-state index contributed by atoms with van der Waals surface area (Å²) in [4.78, 5) is 0. The second kappa shape index (κ2) is 16.4. The zero-order valence-electron chi connectivity index (χ0n) is 15.8. The first-order valence-electron chi connectivity index (χ1n) is 10.2. The van der Waals surface area contributed by atoms with Crippen molar-refractivity contribution in [1.82, 2.24) is 0 Å². The maximum absolute atomic E-state index is 2.45. The third-order valence-corrected chi connectivity index (χ3v) is 4.79. The molecule has 1 atom stereocenters. The average molecular weight is 297 g/mol. The SMILES string of the molecule is CCCCCCCCCCCCCCC(C)CCC(C)C. The molecule has 0 spiro atoms. The van der Waals surface area contributed by atoms with Crippen molar-refractivity contribution in [1.29, 1.82) is 0 Å². The van der Waals surface area contributed by atoms with Crippen LogP contribution < -0.4 is 0 Å². The molecule has 0 saturated carbocycles. The van der Waals surface area contributed by atoms with Crippen LogP contribution in [-0.2, 0) is 0 Å². The monoisotopic (exact) mass is 296 g/mol. The van der Waals surface area contributed by atoms with Crippen LogP contribution in [0.25, 0.3) is 0 Å². The number of rotatable bonds is 16. The van der Waals surface area contributed by atoms with Crippen molar-refractivity contribution in [3.8, 4) is 0 Å². The second-order valence-corrected chi connectivity index (χ2v) is 7.75. The zero-order valence-corrected chi connectivity index (χ0v) is 15.8. The van der Waals surface area contributed by atoms with E-state index in [2.05, 4.69) is 27.7 Å². The minimum atomic E-state index is 0.884. The first-order valence-corrected chi connectivity index (χ1v) is 10.2. The molecule has 0 bridgehead atoms. The summed E-state index contributed by atoms with van der Waals surface area (Å²) in [5, 5.41) is 0. The van der Waals surface area contributed by atoms with Crippen molar-refractivity contribution in [2.45, 2.75) is 124 Å². The molecule has 0 fully saturated rings. The molecule has 0 heterocycles. The molecule has 0 N–H and O–H groups in total. The summed E-state index contributed by atoms with van der Waals surface area (Å²) in [5.74, 6) is 1.84. The van der Waals surface area contributed by atoms with E-state index in [1.807, 2.05) is 0 Å². The molecule has 0 rings (SSSR count). The molecule has 128 valence electrons. The van der Waals surface area contributed by atoms with Crippen LogP contribution in [0, 0.1) is 11.8 Å². The van der Waals surface area contributed by atoms with Crippen molar-refractivity contribution < 1.29 is 0 Å². The molecule has 0 aromatic heterocycles. The van der Waals surface area contributed by atoms with Gasteiger partial charge in [-0.25, -0.2) is 0 Å². The second-order valence-electron chi connectivity index (χ2n) is 7.75. The van der Waals surface area contributed by atoms with E-state index in [0.29, 0.717) is 0 Å². The van der Waals surface area contributed by atoms with Crippen LogP contribution in [0.2, 0.25) is 0 Å². The van der Waals surface area contributed by atoms with Crippen molar-refractivity contribution in [3.05, 3.63) is 0 Å². The van der Waals surface area contributed by atoms with E-state index >= 15 is 0 Å². The van der Waals surface area contributed by atoms with Crippen LogP contribution in [-0.4, -0.2) is 0 Å². The highest BCUT2D eigenvalue weighted by molar-refractivity contribution is 4.56. The highest BCUT2D eigenvalue weighted by Gasteiger charge is 2.03. The first-order chi connectivity index (χ1) is 10.2. The summed E-state index contributed by atoms with van der Waals surface area (Å²) in [6.07, 6.45) is 21.9. The molecule has 0 aliphatic rings. The highest BCUT2D eigenvalue weighted by Crippen LogP contribution is 2.19. The minimum Gasteiger partial charge on any atom is -0.0654 e. The van der Waals surface area contributed by atoms with Gasteiger partial charge in [-0.1, -0.05) is 124 Å². The standard InChI is InChI=1S/C21H44/c1-5-6-7-8-9-10-11-12-13-14-15-16-17-21(4)19-18-20(2)3/h20-21H,5-19H2,1-4H3. The lowest BCUT2D eigenvalue weighted by molar-refractivity contribution is 0.409. The lowest BCUT2D eigenvalue weighted by Crippen LogP contribution is -1.98. The van der Waals surface area contributed by atoms with E-state index in [1.54, 1.807) is 0 Å². The number of hydrogen-bond acceptors (Lipinski definition) is 0.